The van der Waals surface area contributed by atoms with Crippen LogP contribution in [0.4, 0.5) is 5.69 Å². The number of benzene rings is 2. The molecule has 0 aliphatic carbocycles. The van der Waals surface area contributed by atoms with E-state index < -0.39 is 0 Å². The van der Waals surface area contributed by atoms with Crippen molar-refractivity contribution in [2.75, 3.05) is 18.4 Å². The van der Waals surface area contributed by atoms with E-state index in [1.165, 1.54) is 0 Å². The van der Waals surface area contributed by atoms with E-state index in [9.17, 15) is 9.59 Å². The van der Waals surface area contributed by atoms with Crippen molar-refractivity contribution >= 4 is 17.5 Å². The Morgan fingerprint density at radius 3 is 2.32 bits per heavy atom. The molecule has 0 saturated carbocycles. The van der Waals surface area contributed by atoms with Gasteiger partial charge in [-0.3, -0.25) is 9.59 Å². The third-order valence-corrected chi connectivity index (χ3v) is 3.78. The maximum Gasteiger partial charge on any atom is 0.243 e. The van der Waals surface area contributed by atoms with Gasteiger partial charge in [0.15, 0.2) is 0 Å². The fourth-order valence-corrected chi connectivity index (χ4v) is 2.62. The van der Waals surface area contributed by atoms with Crippen molar-refractivity contribution in [3.63, 3.8) is 0 Å². The molecule has 2 aromatic rings. The summed E-state index contributed by atoms with van der Waals surface area (Å²) >= 11 is 0. The highest BCUT2D eigenvalue weighted by Gasteiger charge is 2.22. The van der Waals surface area contributed by atoms with Crippen molar-refractivity contribution < 1.29 is 9.59 Å². The third kappa shape index (κ3) is 3.34. The van der Waals surface area contributed by atoms with Crippen molar-refractivity contribution in [1.29, 1.82) is 0 Å². The topological polar surface area (TPSA) is 49.4 Å². The van der Waals surface area contributed by atoms with Crippen LogP contribution >= 0.6 is 0 Å². The average molecular weight is 294 g/mol. The quantitative estimate of drug-likeness (QED) is 0.942. The highest BCUT2D eigenvalue weighted by molar-refractivity contribution is 5.95. The summed E-state index contributed by atoms with van der Waals surface area (Å²) in [4.78, 5) is 25.1. The standard InChI is InChI=1S/C18H18N2O2/c21-17(13-20-12-4-7-18(20)22)19-16-10-8-15(9-11-16)14-5-2-1-3-6-14/h1-3,5-6,8-11H,4,7,12-13H2,(H,19,21). The molecule has 1 aliphatic heterocycles. The molecule has 4 heteroatoms. The third-order valence-electron chi connectivity index (χ3n) is 3.78. The molecule has 0 atom stereocenters. The Balaban J connectivity index is 1.61. The van der Waals surface area contributed by atoms with Crippen molar-refractivity contribution in [3.05, 3.63) is 54.6 Å². The van der Waals surface area contributed by atoms with Gasteiger partial charge in [0, 0.05) is 18.7 Å². The van der Waals surface area contributed by atoms with Crippen molar-refractivity contribution in [2.45, 2.75) is 12.8 Å². The van der Waals surface area contributed by atoms with Gasteiger partial charge in [-0.2, -0.15) is 0 Å². The van der Waals surface area contributed by atoms with Gasteiger partial charge in [0.05, 0.1) is 6.54 Å². The SMILES string of the molecule is O=C(CN1CCCC1=O)Nc1ccc(-c2ccccc2)cc1. The van der Waals surface area contributed by atoms with Gasteiger partial charge in [0.2, 0.25) is 11.8 Å². The molecular weight excluding hydrogens is 276 g/mol. The Bertz CT molecular complexity index is 665. The van der Waals surface area contributed by atoms with Crippen molar-refractivity contribution in [3.8, 4) is 11.1 Å². The van der Waals surface area contributed by atoms with Crippen LogP contribution in [0.2, 0.25) is 0 Å². The van der Waals surface area contributed by atoms with Gasteiger partial charge in [-0.05, 0) is 29.7 Å². The van der Waals surface area contributed by atoms with Crippen LogP contribution in [-0.2, 0) is 9.59 Å². The molecule has 112 valence electrons. The zero-order chi connectivity index (χ0) is 15.4. The molecule has 1 saturated heterocycles. The van der Waals surface area contributed by atoms with Crippen LogP contribution in [0.25, 0.3) is 11.1 Å². The molecule has 0 bridgehead atoms. The van der Waals surface area contributed by atoms with Crippen LogP contribution in [0, 0.1) is 0 Å². The minimum atomic E-state index is -0.150. The Labute approximate surface area is 129 Å². The number of amides is 2. The van der Waals surface area contributed by atoms with Gasteiger partial charge >= 0.3 is 0 Å². The lowest BCUT2D eigenvalue weighted by atomic mass is 10.1. The van der Waals surface area contributed by atoms with Gasteiger partial charge < -0.3 is 10.2 Å². The van der Waals surface area contributed by atoms with Gasteiger partial charge in [0.25, 0.3) is 0 Å². The molecule has 4 nitrogen and oxygen atoms in total. The second kappa shape index (κ2) is 6.43. The first-order valence-electron chi connectivity index (χ1n) is 7.45. The number of hydrogen-bond acceptors (Lipinski definition) is 2. The molecule has 1 heterocycles. The lowest BCUT2D eigenvalue weighted by molar-refractivity contribution is -0.131. The summed E-state index contributed by atoms with van der Waals surface area (Å²) in [7, 11) is 0. The number of nitrogens with zero attached hydrogens (tertiary/aromatic N) is 1. The lowest BCUT2D eigenvalue weighted by Crippen LogP contribution is -2.33. The Hall–Kier alpha value is -2.62. The molecule has 0 aromatic heterocycles. The summed E-state index contributed by atoms with van der Waals surface area (Å²) in [6.45, 7) is 0.818. The van der Waals surface area contributed by atoms with Crippen LogP contribution in [0.3, 0.4) is 0 Å². The smallest absolute Gasteiger partial charge is 0.243 e. The van der Waals surface area contributed by atoms with Gasteiger partial charge in [-0.15, -0.1) is 0 Å². The monoisotopic (exact) mass is 294 g/mol. The minimum Gasteiger partial charge on any atom is -0.333 e. The fourth-order valence-electron chi connectivity index (χ4n) is 2.62. The fraction of sp³-hybridized carbons (Fsp3) is 0.222. The molecule has 1 N–H and O–H groups in total. The summed E-state index contributed by atoms with van der Waals surface area (Å²) in [5.41, 5.74) is 2.99. The number of carbonyl (C=O) groups excluding carboxylic acids is 2. The van der Waals surface area contributed by atoms with E-state index in [0.29, 0.717) is 13.0 Å². The lowest BCUT2D eigenvalue weighted by Gasteiger charge is -2.15. The average Bonchev–Trinajstić information content (AvgIpc) is 2.94. The molecule has 2 aromatic carbocycles. The molecule has 0 spiro atoms. The van der Waals surface area contributed by atoms with Gasteiger partial charge in [-0.25, -0.2) is 0 Å². The van der Waals surface area contributed by atoms with E-state index in [-0.39, 0.29) is 18.4 Å². The zero-order valence-electron chi connectivity index (χ0n) is 12.3. The maximum atomic E-state index is 12.0. The van der Waals surface area contributed by atoms with Crippen molar-refractivity contribution in [1.82, 2.24) is 4.90 Å². The van der Waals surface area contributed by atoms with Gasteiger partial charge in [0.1, 0.15) is 0 Å². The molecule has 0 radical (unpaired) electrons. The highest BCUT2D eigenvalue weighted by atomic mass is 16.2. The van der Waals surface area contributed by atoms with Crippen LogP contribution in [0.5, 0.6) is 0 Å². The van der Waals surface area contributed by atoms with E-state index >= 15 is 0 Å². The van der Waals surface area contributed by atoms with Crippen LogP contribution in [-0.4, -0.2) is 29.8 Å². The first-order chi connectivity index (χ1) is 10.7. The number of hydrogen-bond donors (Lipinski definition) is 1. The summed E-state index contributed by atoms with van der Waals surface area (Å²) < 4.78 is 0. The van der Waals surface area contributed by atoms with E-state index in [0.717, 1.165) is 23.2 Å². The molecule has 0 unspecified atom stereocenters. The van der Waals surface area contributed by atoms with Crippen molar-refractivity contribution in [2.24, 2.45) is 0 Å². The normalized spacial score (nSPS) is 14.2. The van der Waals surface area contributed by atoms with Crippen LogP contribution in [0.1, 0.15) is 12.8 Å². The largest absolute Gasteiger partial charge is 0.333 e. The predicted molar refractivity (Wildman–Crippen MR) is 86.3 cm³/mol. The van der Waals surface area contributed by atoms with E-state index in [1.807, 2.05) is 54.6 Å². The minimum absolute atomic E-state index is 0.0644. The summed E-state index contributed by atoms with van der Waals surface area (Å²) in [5, 5.41) is 2.84. The number of likely N-dealkylation sites (tertiary alicyclic amines) is 1. The Morgan fingerprint density at radius 1 is 1.00 bits per heavy atom. The Morgan fingerprint density at radius 2 is 1.68 bits per heavy atom. The zero-order valence-corrected chi connectivity index (χ0v) is 12.3. The van der Waals surface area contributed by atoms with E-state index in [1.54, 1.807) is 4.90 Å². The van der Waals surface area contributed by atoms with E-state index in [2.05, 4.69) is 5.32 Å². The van der Waals surface area contributed by atoms with Crippen LogP contribution in [0.15, 0.2) is 54.6 Å². The molecule has 3 rings (SSSR count). The number of anilines is 1. The maximum absolute atomic E-state index is 12.0. The highest BCUT2D eigenvalue weighted by Crippen LogP contribution is 2.21. The summed E-state index contributed by atoms with van der Waals surface area (Å²) in [5.74, 6) is -0.0858. The molecule has 1 aliphatic rings. The molecule has 1 fully saturated rings. The first-order valence-corrected chi connectivity index (χ1v) is 7.45. The van der Waals surface area contributed by atoms with Crippen LogP contribution < -0.4 is 5.32 Å². The Kier molecular flexibility index (Phi) is 4.19. The molecule has 2 amide bonds. The molecule has 22 heavy (non-hydrogen) atoms. The number of carbonyl (C=O) groups is 2. The number of rotatable bonds is 4. The first kappa shape index (κ1) is 14.3. The van der Waals surface area contributed by atoms with Gasteiger partial charge in [-0.1, -0.05) is 42.5 Å². The molecular formula is C18H18N2O2. The second-order valence-corrected chi connectivity index (χ2v) is 5.41. The predicted octanol–water partition coefficient (Wildman–Crippen LogP) is 2.91. The second-order valence-electron chi connectivity index (χ2n) is 5.41. The summed E-state index contributed by atoms with van der Waals surface area (Å²) in [6, 6.07) is 17.8. The number of nitrogens with one attached hydrogen (secondary N) is 1. The van der Waals surface area contributed by atoms with E-state index in [4.69, 9.17) is 0 Å². The summed E-state index contributed by atoms with van der Waals surface area (Å²) in [6.07, 6.45) is 1.40.